The monoisotopic (exact) mass is 312 g/mol. The maximum atomic E-state index is 12.2. The summed E-state index contributed by atoms with van der Waals surface area (Å²) in [7, 11) is 0. The van der Waals surface area contributed by atoms with Crippen LogP contribution in [0, 0.1) is 6.92 Å². The van der Waals surface area contributed by atoms with Crippen molar-refractivity contribution in [3.05, 3.63) is 58.9 Å². The van der Waals surface area contributed by atoms with Crippen LogP contribution in [0.4, 0.5) is 0 Å². The number of nitrogens with zero attached hydrogens (tertiary/aromatic N) is 1. The van der Waals surface area contributed by atoms with Crippen molar-refractivity contribution >= 4 is 11.7 Å². The molecule has 1 aliphatic heterocycles. The number of H-pyrrole nitrogens is 1. The van der Waals surface area contributed by atoms with Crippen molar-refractivity contribution in [2.75, 3.05) is 6.61 Å². The van der Waals surface area contributed by atoms with Gasteiger partial charge in [0.25, 0.3) is 0 Å². The third-order valence-corrected chi connectivity index (χ3v) is 4.05. The van der Waals surface area contributed by atoms with E-state index in [2.05, 4.69) is 10.1 Å². The lowest BCUT2D eigenvalue weighted by atomic mass is 9.87. The zero-order valence-electron chi connectivity index (χ0n) is 13.6. The molecule has 0 aliphatic carbocycles. The van der Waals surface area contributed by atoms with Gasteiger partial charge in [0.1, 0.15) is 5.69 Å². The zero-order valence-corrected chi connectivity index (χ0v) is 13.6. The highest BCUT2D eigenvalue weighted by Crippen LogP contribution is 2.39. The largest absolute Gasteiger partial charge is 0.461 e. The molecule has 1 aromatic heterocycles. The molecule has 1 atom stereocenters. The summed E-state index contributed by atoms with van der Waals surface area (Å²) in [6, 6.07) is 9.92. The molecule has 0 fully saturated rings. The van der Waals surface area contributed by atoms with Crippen LogP contribution in [0.5, 0.6) is 0 Å². The Morgan fingerprint density at radius 3 is 2.83 bits per heavy atom. The second-order valence-corrected chi connectivity index (χ2v) is 5.85. The molecule has 23 heavy (non-hydrogen) atoms. The minimum Gasteiger partial charge on any atom is -0.461 e. The van der Waals surface area contributed by atoms with Crippen LogP contribution >= 0.6 is 0 Å². The second-order valence-electron chi connectivity index (χ2n) is 5.85. The maximum absolute atomic E-state index is 12.2. The fraction of sp³-hybridized carbons (Fsp3) is 0.333. The highest BCUT2D eigenvalue weighted by molar-refractivity contribution is 6.02. The van der Waals surface area contributed by atoms with Crippen molar-refractivity contribution in [1.29, 1.82) is 0 Å². The maximum Gasteiger partial charge on any atom is 0.355 e. The van der Waals surface area contributed by atoms with E-state index in [1.165, 1.54) is 0 Å². The van der Waals surface area contributed by atoms with E-state index in [9.17, 15) is 4.79 Å². The van der Waals surface area contributed by atoms with Crippen molar-refractivity contribution in [2.24, 2.45) is 5.16 Å². The summed E-state index contributed by atoms with van der Waals surface area (Å²) < 4.78 is 5.13. The van der Waals surface area contributed by atoms with Gasteiger partial charge < -0.3 is 14.6 Å². The Bertz CT molecular complexity index is 749. The van der Waals surface area contributed by atoms with Gasteiger partial charge >= 0.3 is 5.97 Å². The summed E-state index contributed by atoms with van der Waals surface area (Å²) in [6.07, 6.45) is 2.40. The Labute approximate surface area is 135 Å². The number of ether oxygens (including phenoxy) is 1. The first-order valence-electron chi connectivity index (χ1n) is 7.71. The number of benzene rings is 1. The lowest BCUT2D eigenvalue weighted by Gasteiger charge is -2.23. The van der Waals surface area contributed by atoms with Crippen molar-refractivity contribution < 1.29 is 14.4 Å². The van der Waals surface area contributed by atoms with Gasteiger partial charge in [0.2, 0.25) is 0 Å². The normalized spacial score (nSPS) is 20.0. The van der Waals surface area contributed by atoms with Crippen LogP contribution in [0.2, 0.25) is 0 Å². The minimum atomic E-state index is -0.683. The van der Waals surface area contributed by atoms with E-state index in [-0.39, 0.29) is 5.97 Å². The number of oxime groups is 1. The Kier molecular flexibility index (Phi) is 3.94. The molecule has 2 heterocycles. The van der Waals surface area contributed by atoms with E-state index < -0.39 is 5.60 Å². The molecule has 0 spiro atoms. The number of esters is 1. The molecule has 0 amide bonds. The van der Waals surface area contributed by atoms with Gasteiger partial charge in [0.15, 0.2) is 5.60 Å². The Balaban J connectivity index is 1.92. The summed E-state index contributed by atoms with van der Waals surface area (Å²) in [5.41, 5.74) is 3.44. The molecule has 1 aliphatic rings. The smallest absolute Gasteiger partial charge is 0.355 e. The van der Waals surface area contributed by atoms with E-state index in [0.29, 0.717) is 18.7 Å². The van der Waals surface area contributed by atoms with Crippen LogP contribution in [0.3, 0.4) is 0 Å². The Morgan fingerprint density at radius 2 is 2.13 bits per heavy atom. The molecule has 3 rings (SSSR count). The van der Waals surface area contributed by atoms with Gasteiger partial charge in [-0.1, -0.05) is 35.5 Å². The van der Waals surface area contributed by atoms with Gasteiger partial charge in [-0.3, -0.25) is 0 Å². The average Bonchev–Trinajstić information content (AvgIpc) is 3.13. The minimum absolute atomic E-state index is 0.333. The molecule has 5 nitrogen and oxygen atoms in total. The van der Waals surface area contributed by atoms with Gasteiger partial charge in [0.05, 0.1) is 12.3 Å². The standard InChI is InChI=1S/C18H20N2O3/c1-4-22-17(21)16-15(12(2)11-19-16)18(3)10-14(20-23-18)13-8-6-5-7-9-13/h5-9,11,19H,4,10H2,1-3H3. The molecule has 1 N–H and O–H groups in total. The third kappa shape index (κ3) is 2.74. The number of carbonyl (C=O) groups is 1. The molecule has 0 bridgehead atoms. The van der Waals surface area contributed by atoms with E-state index in [0.717, 1.165) is 22.4 Å². The number of rotatable bonds is 4. The summed E-state index contributed by atoms with van der Waals surface area (Å²) in [5, 5.41) is 4.25. The molecule has 0 saturated carbocycles. The molecule has 120 valence electrons. The summed E-state index contributed by atoms with van der Waals surface area (Å²) in [5.74, 6) is -0.367. The van der Waals surface area contributed by atoms with E-state index in [1.807, 2.05) is 44.2 Å². The van der Waals surface area contributed by atoms with Crippen molar-refractivity contribution in [1.82, 2.24) is 4.98 Å². The number of nitrogens with one attached hydrogen (secondary N) is 1. The fourth-order valence-corrected chi connectivity index (χ4v) is 3.03. The molecular formula is C18H20N2O3. The van der Waals surface area contributed by atoms with Crippen molar-refractivity contribution in [3.63, 3.8) is 0 Å². The zero-order chi connectivity index (χ0) is 16.4. The van der Waals surface area contributed by atoms with Crippen LogP contribution in [0.15, 0.2) is 41.7 Å². The molecule has 2 aromatic rings. The number of aryl methyl sites for hydroxylation is 1. The van der Waals surface area contributed by atoms with Crippen LogP contribution in [-0.2, 0) is 15.2 Å². The van der Waals surface area contributed by atoms with Crippen molar-refractivity contribution in [3.8, 4) is 0 Å². The number of hydrogen-bond acceptors (Lipinski definition) is 4. The van der Waals surface area contributed by atoms with Gasteiger partial charge in [-0.2, -0.15) is 0 Å². The fourth-order valence-electron chi connectivity index (χ4n) is 3.03. The summed E-state index contributed by atoms with van der Waals surface area (Å²) >= 11 is 0. The predicted molar refractivity (Wildman–Crippen MR) is 87.5 cm³/mol. The van der Waals surface area contributed by atoms with E-state index >= 15 is 0 Å². The number of aromatic nitrogens is 1. The highest BCUT2D eigenvalue weighted by atomic mass is 16.7. The highest BCUT2D eigenvalue weighted by Gasteiger charge is 2.41. The van der Waals surface area contributed by atoms with Crippen LogP contribution in [0.1, 0.15) is 47.4 Å². The first kappa shape index (κ1) is 15.3. The SMILES string of the molecule is CCOC(=O)c1[nH]cc(C)c1C1(C)CC(c2ccccc2)=NO1. The first-order chi connectivity index (χ1) is 11.0. The van der Waals surface area contributed by atoms with Crippen LogP contribution < -0.4 is 0 Å². The molecule has 1 unspecified atom stereocenters. The molecule has 0 radical (unpaired) electrons. The van der Waals surface area contributed by atoms with Gasteiger partial charge in [-0.15, -0.1) is 0 Å². The topological polar surface area (TPSA) is 63.7 Å². The summed E-state index contributed by atoms with van der Waals surface area (Å²) in [6.45, 7) is 6.02. The molecule has 0 saturated heterocycles. The predicted octanol–water partition coefficient (Wildman–Crippen LogP) is 3.54. The van der Waals surface area contributed by atoms with Gasteiger partial charge in [-0.05, 0) is 31.9 Å². The molecule has 5 heteroatoms. The lowest BCUT2D eigenvalue weighted by molar-refractivity contribution is -0.00913. The Morgan fingerprint density at radius 1 is 1.39 bits per heavy atom. The van der Waals surface area contributed by atoms with Crippen LogP contribution in [0.25, 0.3) is 0 Å². The van der Waals surface area contributed by atoms with Gasteiger partial charge in [-0.25, -0.2) is 4.79 Å². The number of hydrogen-bond donors (Lipinski definition) is 1. The van der Waals surface area contributed by atoms with E-state index in [4.69, 9.17) is 9.57 Å². The molecular weight excluding hydrogens is 292 g/mol. The second kappa shape index (κ2) is 5.91. The average molecular weight is 312 g/mol. The number of aromatic amines is 1. The first-order valence-corrected chi connectivity index (χ1v) is 7.71. The third-order valence-electron chi connectivity index (χ3n) is 4.05. The quantitative estimate of drug-likeness (QED) is 0.878. The summed E-state index contributed by atoms with van der Waals surface area (Å²) in [4.78, 5) is 21.0. The molecule has 1 aromatic carbocycles. The Hall–Kier alpha value is -2.56. The van der Waals surface area contributed by atoms with E-state index in [1.54, 1.807) is 13.1 Å². The van der Waals surface area contributed by atoms with Gasteiger partial charge in [0, 0.05) is 18.2 Å². The van der Waals surface area contributed by atoms with Crippen molar-refractivity contribution in [2.45, 2.75) is 32.8 Å². The number of carbonyl (C=O) groups excluding carboxylic acids is 1. The lowest BCUT2D eigenvalue weighted by Crippen LogP contribution is -2.26. The van der Waals surface area contributed by atoms with Crippen LogP contribution in [-0.4, -0.2) is 23.3 Å².